The number of hydrogen-bond acceptors (Lipinski definition) is 4. The first kappa shape index (κ1) is 25.9. The first-order valence-corrected chi connectivity index (χ1v) is 12.9. The van der Waals surface area contributed by atoms with Crippen LogP contribution >= 0.6 is 11.6 Å². The molecule has 1 atom stereocenters. The minimum atomic E-state index is -1.03. The minimum absolute atomic E-state index is 0.0411. The number of ether oxygens (including phenoxy) is 2. The largest absolute Gasteiger partial charge is 0.490 e. The smallest absolute Gasteiger partial charge is 0.339 e. The van der Waals surface area contributed by atoms with Crippen LogP contribution in [-0.2, 0) is 4.74 Å². The lowest BCUT2D eigenvalue weighted by Gasteiger charge is -2.20. The summed E-state index contributed by atoms with van der Waals surface area (Å²) in [7, 11) is 0. The summed E-state index contributed by atoms with van der Waals surface area (Å²) in [5.74, 6) is -0.608. The van der Waals surface area contributed by atoms with Gasteiger partial charge in [0, 0.05) is 5.39 Å². The number of aryl methyl sites for hydroxylation is 1. The number of nitrogens with zero attached hydrogens (tertiary/aromatic N) is 1. The Hall–Kier alpha value is -3.74. The topological polar surface area (TPSA) is 68.7 Å². The molecule has 0 spiro atoms. The van der Waals surface area contributed by atoms with Crippen LogP contribution in [0.1, 0.15) is 51.7 Å². The van der Waals surface area contributed by atoms with Gasteiger partial charge in [0.15, 0.2) is 0 Å². The van der Waals surface area contributed by atoms with Crippen molar-refractivity contribution in [3.05, 3.63) is 106 Å². The van der Waals surface area contributed by atoms with Crippen LogP contribution in [0.15, 0.2) is 66.7 Å². The summed E-state index contributed by atoms with van der Waals surface area (Å²) in [5, 5.41) is 10.3. The first-order valence-electron chi connectivity index (χ1n) is 12.5. The molecule has 38 heavy (non-hydrogen) atoms. The second kappa shape index (κ2) is 11.3. The van der Waals surface area contributed by atoms with E-state index in [1.165, 1.54) is 12.1 Å². The molecule has 1 heterocycles. The lowest BCUT2D eigenvalue weighted by atomic mass is 10.1. The highest BCUT2D eigenvalue weighted by Crippen LogP contribution is 2.32. The van der Waals surface area contributed by atoms with Crippen LogP contribution in [-0.4, -0.2) is 29.3 Å². The SMILES string of the molecule is Cc1ccc(OCC(OCC2CC2)c2cccc(/C=C/c3ccc4cc(F)c(Cl)cc4n3)c2)c(C(=O)O)c1. The number of pyridine rings is 1. The Labute approximate surface area is 225 Å². The Morgan fingerprint density at radius 1 is 1.13 bits per heavy atom. The van der Waals surface area contributed by atoms with Gasteiger partial charge >= 0.3 is 5.97 Å². The van der Waals surface area contributed by atoms with Gasteiger partial charge in [0.1, 0.15) is 29.8 Å². The zero-order valence-corrected chi connectivity index (χ0v) is 21.6. The normalized spacial score (nSPS) is 14.2. The highest BCUT2D eigenvalue weighted by atomic mass is 35.5. The number of aromatic nitrogens is 1. The number of rotatable bonds is 10. The standard InChI is InChI=1S/C31H27ClFNO4/c1-19-5-12-29(25(13-19)31(35)36)38-18-30(37-17-21-6-7-21)23-4-2-3-20(14-23)8-10-24-11-9-22-15-27(33)26(32)16-28(22)34-24/h2-5,8-16,21,30H,6-7,17-18H2,1H3,(H,35,36)/b10-8+. The highest BCUT2D eigenvalue weighted by Gasteiger charge is 2.24. The summed E-state index contributed by atoms with van der Waals surface area (Å²) in [6, 6.07) is 19.6. The van der Waals surface area contributed by atoms with E-state index in [1.807, 2.05) is 61.5 Å². The lowest BCUT2D eigenvalue weighted by Crippen LogP contribution is -2.16. The van der Waals surface area contributed by atoms with E-state index in [0.717, 1.165) is 35.2 Å². The zero-order chi connectivity index (χ0) is 26.6. The molecule has 0 saturated heterocycles. The molecule has 0 radical (unpaired) electrons. The van der Waals surface area contributed by atoms with Gasteiger partial charge in [0.05, 0.1) is 22.8 Å². The molecule has 194 valence electrons. The Morgan fingerprint density at radius 2 is 1.97 bits per heavy atom. The predicted octanol–water partition coefficient (Wildman–Crippen LogP) is 7.75. The van der Waals surface area contributed by atoms with Gasteiger partial charge in [-0.05, 0) is 79.3 Å². The van der Waals surface area contributed by atoms with E-state index in [-0.39, 0.29) is 23.3 Å². The third kappa shape index (κ3) is 6.39. The van der Waals surface area contributed by atoms with Crippen molar-refractivity contribution in [1.29, 1.82) is 0 Å². The van der Waals surface area contributed by atoms with Gasteiger partial charge in [0.2, 0.25) is 0 Å². The van der Waals surface area contributed by atoms with Crippen LogP contribution in [0.4, 0.5) is 4.39 Å². The molecule has 3 aromatic carbocycles. The van der Waals surface area contributed by atoms with Gasteiger partial charge in [0.25, 0.3) is 0 Å². The molecular formula is C31H27ClFNO4. The fourth-order valence-electron chi connectivity index (χ4n) is 4.15. The van der Waals surface area contributed by atoms with Crippen molar-refractivity contribution in [2.24, 2.45) is 5.92 Å². The van der Waals surface area contributed by atoms with Gasteiger partial charge in [-0.1, -0.05) is 53.6 Å². The molecule has 1 saturated carbocycles. The Morgan fingerprint density at radius 3 is 2.76 bits per heavy atom. The predicted molar refractivity (Wildman–Crippen MR) is 147 cm³/mol. The number of aromatic carboxylic acids is 1. The molecule has 1 N–H and O–H groups in total. The molecule has 5 nitrogen and oxygen atoms in total. The highest BCUT2D eigenvalue weighted by molar-refractivity contribution is 6.31. The van der Waals surface area contributed by atoms with Crippen molar-refractivity contribution >= 4 is 40.6 Å². The molecule has 5 rings (SSSR count). The van der Waals surface area contributed by atoms with Gasteiger partial charge in [-0.25, -0.2) is 14.2 Å². The molecule has 1 fully saturated rings. The number of carboxylic acid groups (broad SMARTS) is 1. The van der Waals surface area contributed by atoms with Gasteiger partial charge in [-0.3, -0.25) is 0 Å². The number of fused-ring (bicyclic) bond motifs is 1. The van der Waals surface area contributed by atoms with E-state index < -0.39 is 11.8 Å². The van der Waals surface area contributed by atoms with Crippen molar-refractivity contribution in [1.82, 2.24) is 4.98 Å². The van der Waals surface area contributed by atoms with Crippen LogP contribution in [0.5, 0.6) is 5.75 Å². The maximum absolute atomic E-state index is 13.7. The quantitative estimate of drug-likeness (QED) is 0.226. The Balaban J connectivity index is 1.35. The van der Waals surface area contributed by atoms with Crippen molar-refractivity contribution in [3.8, 4) is 5.75 Å². The summed E-state index contributed by atoms with van der Waals surface area (Å²) >= 11 is 5.92. The number of hydrogen-bond donors (Lipinski definition) is 1. The minimum Gasteiger partial charge on any atom is -0.490 e. The summed E-state index contributed by atoms with van der Waals surface area (Å²) in [6.45, 7) is 2.67. The molecule has 0 amide bonds. The van der Waals surface area contributed by atoms with Crippen LogP contribution in [0, 0.1) is 18.7 Å². The van der Waals surface area contributed by atoms with Crippen molar-refractivity contribution < 1.29 is 23.8 Å². The van der Waals surface area contributed by atoms with E-state index in [1.54, 1.807) is 12.1 Å². The average Bonchev–Trinajstić information content (AvgIpc) is 3.73. The Bertz CT molecular complexity index is 1520. The molecule has 1 unspecified atom stereocenters. The number of carbonyl (C=O) groups is 1. The zero-order valence-electron chi connectivity index (χ0n) is 20.9. The van der Waals surface area contributed by atoms with Gasteiger partial charge in [-0.15, -0.1) is 0 Å². The summed E-state index contributed by atoms with van der Waals surface area (Å²) in [4.78, 5) is 16.3. The third-order valence-corrected chi connectivity index (χ3v) is 6.76. The second-order valence-corrected chi connectivity index (χ2v) is 9.99. The summed E-state index contributed by atoms with van der Waals surface area (Å²) in [5.41, 5.74) is 4.21. The van der Waals surface area contributed by atoms with Crippen LogP contribution in [0.25, 0.3) is 23.1 Å². The number of benzene rings is 3. The average molecular weight is 532 g/mol. The van der Waals surface area contributed by atoms with Crippen molar-refractivity contribution in [2.75, 3.05) is 13.2 Å². The van der Waals surface area contributed by atoms with E-state index >= 15 is 0 Å². The third-order valence-electron chi connectivity index (χ3n) is 6.47. The summed E-state index contributed by atoms with van der Waals surface area (Å²) < 4.78 is 25.9. The molecule has 1 aromatic heterocycles. The van der Waals surface area contributed by atoms with Crippen LogP contribution < -0.4 is 4.74 Å². The van der Waals surface area contributed by atoms with Gasteiger partial charge in [-0.2, -0.15) is 0 Å². The second-order valence-electron chi connectivity index (χ2n) is 9.58. The number of carboxylic acids is 1. The van der Waals surface area contributed by atoms with Crippen molar-refractivity contribution in [3.63, 3.8) is 0 Å². The van der Waals surface area contributed by atoms with Crippen LogP contribution in [0.3, 0.4) is 0 Å². The first-order chi connectivity index (χ1) is 18.4. The summed E-state index contributed by atoms with van der Waals surface area (Å²) in [6.07, 6.45) is 5.80. The van der Waals surface area contributed by atoms with E-state index in [9.17, 15) is 14.3 Å². The Kier molecular flexibility index (Phi) is 7.72. The molecule has 1 aliphatic carbocycles. The fraction of sp³-hybridized carbons (Fsp3) is 0.226. The van der Waals surface area contributed by atoms with Crippen molar-refractivity contribution in [2.45, 2.75) is 25.9 Å². The molecule has 1 aliphatic rings. The lowest BCUT2D eigenvalue weighted by molar-refractivity contribution is 0.0128. The van der Waals surface area contributed by atoms with Gasteiger partial charge < -0.3 is 14.6 Å². The number of halogens is 2. The molecule has 7 heteroatoms. The molecule has 0 bridgehead atoms. The van der Waals surface area contributed by atoms with E-state index in [2.05, 4.69) is 4.98 Å². The molecular weight excluding hydrogens is 505 g/mol. The van der Waals surface area contributed by atoms with Crippen LogP contribution in [0.2, 0.25) is 5.02 Å². The fourth-order valence-corrected chi connectivity index (χ4v) is 4.31. The molecule has 0 aliphatic heterocycles. The van der Waals surface area contributed by atoms with E-state index in [4.69, 9.17) is 21.1 Å². The monoisotopic (exact) mass is 531 g/mol. The maximum atomic E-state index is 13.7. The maximum Gasteiger partial charge on any atom is 0.339 e. The van der Waals surface area contributed by atoms with E-state index in [0.29, 0.717) is 29.2 Å². The molecule has 4 aromatic rings.